The van der Waals surface area contributed by atoms with Crippen LogP contribution in [0.3, 0.4) is 0 Å². The fraction of sp³-hybridized carbons (Fsp3) is 0.930. The maximum atomic E-state index is 12.5. The summed E-state index contributed by atoms with van der Waals surface area (Å²) in [5, 5.41) is 13.6. The van der Waals surface area contributed by atoms with E-state index in [0.29, 0.717) is 17.4 Å². The van der Waals surface area contributed by atoms with Crippen molar-refractivity contribution < 1.29 is 32.9 Å². The van der Waals surface area contributed by atoms with Gasteiger partial charge in [-0.1, -0.05) is 193 Å². The zero-order valence-corrected chi connectivity index (χ0v) is 36.0. The van der Waals surface area contributed by atoms with Gasteiger partial charge < -0.3 is 19.8 Å². The van der Waals surface area contributed by atoms with Crippen LogP contribution in [0.1, 0.15) is 206 Å². The average Bonchev–Trinajstić information content (AvgIpc) is 3.09. The Kier molecular flexibility index (Phi) is 35.4. The normalized spacial score (nSPS) is 14.5. The molecule has 0 aromatic rings. The quantitative estimate of drug-likeness (QED) is 0.0249. The number of nitrogens with zero attached hydrogens (tertiary/aromatic N) is 1. The molecule has 3 unspecified atom stereocenters. The third-order valence-electron chi connectivity index (χ3n) is 10.0. The molecule has 0 radical (unpaired) electrons. The van der Waals surface area contributed by atoms with Gasteiger partial charge in [0.15, 0.2) is 0 Å². The van der Waals surface area contributed by atoms with Crippen LogP contribution in [0.25, 0.3) is 0 Å². The monoisotopic (exact) mass is 760 g/mol. The third-order valence-corrected chi connectivity index (χ3v) is 11.0. The standard InChI is InChI=1S/C43H87N2O6P/c1-6-8-10-11-12-13-14-15-16-17-18-19-20-21-22-23-24-25-26-27-28-29-30-31-32-33-35-36-42(46)41(44-43(47)37-34-9-7-2)40-51-52(48,49)50-39-38-45(3,4)5/h35-36,41-42,46H,6-34,37-40H2,1-5H3,(H-,44,47,48,49)/p+1/b36-35+. The number of phosphoric ester groups is 1. The minimum atomic E-state index is -4.31. The second-order valence-electron chi connectivity index (χ2n) is 16.4. The zero-order chi connectivity index (χ0) is 38.6. The van der Waals surface area contributed by atoms with E-state index in [0.717, 1.165) is 32.1 Å². The zero-order valence-electron chi connectivity index (χ0n) is 35.1. The summed E-state index contributed by atoms with van der Waals surface area (Å²) in [6.45, 7) is 4.65. The highest BCUT2D eigenvalue weighted by molar-refractivity contribution is 7.47. The van der Waals surface area contributed by atoms with Crippen molar-refractivity contribution in [2.45, 2.75) is 219 Å². The molecule has 3 atom stereocenters. The van der Waals surface area contributed by atoms with Crippen LogP contribution in [0.15, 0.2) is 12.2 Å². The first kappa shape index (κ1) is 51.2. The van der Waals surface area contributed by atoms with E-state index in [4.69, 9.17) is 9.05 Å². The number of likely N-dealkylation sites (N-methyl/N-ethyl adjacent to an activating group) is 1. The molecule has 0 aliphatic heterocycles. The minimum absolute atomic E-state index is 0.0629. The lowest BCUT2D eigenvalue weighted by atomic mass is 10.0. The minimum Gasteiger partial charge on any atom is -0.387 e. The Hall–Kier alpha value is -0.760. The second kappa shape index (κ2) is 35.9. The first-order valence-electron chi connectivity index (χ1n) is 22.1. The summed E-state index contributed by atoms with van der Waals surface area (Å²) in [4.78, 5) is 22.6. The molecule has 3 N–H and O–H groups in total. The number of quaternary nitrogens is 1. The van der Waals surface area contributed by atoms with Gasteiger partial charge in [-0.15, -0.1) is 0 Å². The van der Waals surface area contributed by atoms with Crippen molar-refractivity contribution in [3.63, 3.8) is 0 Å². The molecular weight excluding hydrogens is 671 g/mol. The van der Waals surface area contributed by atoms with Gasteiger partial charge in [0.2, 0.25) is 5.91 Å². The molecule has 0 aromatic heterocycles. The highest BCUT2D eigenvalue weighted by Crippen LogP contribution is 2.43. The maximum Gasteiger partial charge on any atom is 0.472 e. The van der Waals surface area contributed by atoms with Crippen LogP contribution in [-0.2, 0) is 18.4 Å². The Balaban J connectivity index is 3.90. The van der Waals surface area contributed by atoms with Crippen LogP contribution in [0, 0.1) is 0 Å². The smallest absolute Gasteiger partial charge is 0.387 e. The lowest BCUT2D eigenvalue weighted by Crippen LogP contribution is -2.45. The van der Waals surface area contributed by atoms with E-state index in [9.17, 15) is 19.4 Å². The predicted octanol–water partition coefficient (Wildman–Crippen LogP) is 12.0. The summed E-state index contributed by atoms with van der Waals surface area (Å²) in [5.41, 5.74) is 0. The average molecular weight is 760 g/mol. The Morgan fingerprint density at radius 1 is 0.635 bits per heavy atom. The fourth-order valence-corrected chi connectivity index (χ4v) is 7.19. The van der Waals surface area contributed by atoms with Gasteiger partial charge in [0.05, 0.1) is 39.9 Å². The van der Waals surface area contributed by atoms with Crippen molar-refractivity contribution in [3.8, 4) is 0 Å². The van der Waals surface area contributed by atoms with Crippen molar-refractivity contribution in [2.75, 3.05) is 40.9 Å². The molecule has 310 valence electrons. The number of carbonyl (C=O) groups is 1. The van der Waals surface area contributed by atoms with Gasteiger partial charge in [-0.3, -0.25) is 13.8 Å². The van der Waals surface area contributed by atoms with Crippen molar-refractivity contribution in [1.29, 1.82) is 0 Å². The Morgan fingerprint density at radius 3 is 1.42 bits per heavy atom. The topological polar surface area (TPSA) is 105 Å². The highest BCUT2D eigenvalue weighted by Gasteiger charge is 2.27. The Morgan fingerprint density at radius 2 is 1.02 bits per heavy atom. The molecule has 0 bridgehead atoms. The number of hydrogen-bond acceptors (Lipinski definition) is 5. The van der Waals surface area contributed by atoms with E-state index in [-0.39, 0.29) is 19.1 Å². The molecule has 0 aliphatic rings. The van der Waals surface area contributed by atoms with E-state index < -0.39 is 20.0 Å². The summed E-state index contributed by atoms with van der Waals surface area (Å²) >= 11 is 0. The third kappa shape index (κ3) is 37.6. The van der Waals surface area contributed by atoms with E-state index in [1.54, 1.807) is 6.08 Å². The Bertz CT molecular complexity index is 865. The lowest BCUT2D eigenvalue weighted by Gasteiger charge is -2.25. The molecule has 0 saturated carbocycles. The number of hydrogen-bond donors (Lipinski definition) is 3. The second-order valence-corrected chi connectivity index (χ2v) is 17.9. The van der Waals surface area contributed by atoms with Gasteiger partial charge >= 0.3 is 7.82 Å². The van der Waals surface area contributed by atoms with Crippen LogP contribution in [0.5, 0.6) is 0 Å². The van der Waals surface area contributed by atoms with E-state index in [1.165, 1.54) is 154 Å². The molecular formula is C43H88N2O6P+. The number of carbonyl (C=O) groups excluding carboxylic acids is 1. The molecule has 0 saturated heterocycles. The van der Waals surface area contributed by atoms with Crippen LogP contribution in [0.2, 0.25) is 0 Å². The van der Waals surface area contributed by atoms with Crippen molar-refractivity contribution >= 4 is 13.7 Å². The van der Waals surface area contributed by atoms with E-state index in [1.807, 2.05) is 27.2 Å². The predicted molar refractivity (Wildman–Crippen MR) is 222 cm³/mol. The van der Waals surface area contributed by atoms with Crippen LogP contribution in [0.4, 0.5) is 0 Å². The molecule has 0 aromatic carbocycles. The number of rotatable bonds is 40. The van der Waals surface area contributed by atoms with Gasteiger partial charge in [0.25, 0.3) is 0 Å². The molecule has 0 aliphatic carbocycles. The number of aliphatic hydroxyl groups is 1. The van der Waals surface area contributed by atoms with Crippen molar-refractivity contribution in [3.05, 3.63) is 12.2 Å². The van der Waals surface area contributed by atoms with Gasteiger partial charge in [-0.2, -0.15) is 0 Å². The molecule has 9 heteroatoms. The van der Waals surface area contributed by atoms with Gasteiger partial charge in [0, 0.05) is 6.42 Å². The molecule has 0 heterocycles. The van der Waals surface area contributed by atoms with E-state index >= 15 is 0 Å². The van der Waals surface area contributed by atoms with Crippen molar-refractivity contribution in [1.82, 2.24) is 5.32 Å². The first-order valence-corrected chi connectivity index (χ1v) is 23.6. The van der Waals surface area contributed by atoms with Crippen molar-refractivity contribution in [2.24, 2.45) is 0 Å². The van der Waals surface area contributed by atoms with Gasteiger partial charge in [-0.25, -0.2) is 4.57 Å². The summed E-state index contributed by atoms with van der Waals surface area (Å²) < 4.78 is 23.3. The maximum absolute atomic E-state index is 12.5. The summed E-state index contributed by atoms with van der Waals surface area (Å²) in [6, 6.07) is -0.836. The molecule has 8 nitrogen and oxygen atoms in total. The molecule has 52 heavy (non-hydrogen) atoms. The Labute approximate surface area is 322 Å². The summed E-state index contributed by atoms with van der Waals surface area (Å²) in [5.74, 6) is -0.201. The number of amides is 1. The number of unbranched alkanes of at least 4 members (excludes halogenated alkanes) is 27. The first-order chi connectivity index (χ1) is 25.0. The summed E-state index contributed by atoms with van der Waals surface area (Å²) in [7, 11) is 1.57. The number of aliphatic hydroxyl groups excluding tert-OH is 1. The number of allylic oxidation sites excluding steroid dienone is 1. The fourth-order valence-electron chi connectivity index (χ4n) is 6.45. The summed E-state index contributed by atoms with van der Waals surface area (Å²) in [6.07, 6.45) is 41.0. The number of nitrogens with one attached hydrogen (secondary N) is 1. The van der Waals surface area contributed by atoms with Gasteiger partial charge in [-0.05, 0) is 19.3 Å². The van der Waals surface area contributed by atoms with E-state index in [2.05, 4.69) is 19.2 Å². The van der Waals surface area contributed by atoms with Crippen LogP contribution >= 0.6 is 7.82 Å². The lowest BCUT2D eigenvalue weighted by molar-refractivity contribution is -0.870. The molecule has 1 amide bonds. The van der Waals surface area contributed by atoms with Crippen LogP contribution in [-0.4, -0.2) is 73.4 Å². The molecule has 0 spiro atoms. The molecule has 0 rings (SSSR count). The largest absolute Gasteiger partial charge is 0.472 e. The van der Waals surface area contributed by atoms with Gasteiger partial charge in [0.1, 0.15) is 13.2 Å². The van der Waals surface area contributed by atoms with Crippen LogP contribution < -0.4 is 5.32 Å². The number of phosphoric acid groups is 1. The SMILES string of the molecule is CCCCCCCCCCCCCCCCCCCCCCCCCCC/C=C/C(O)C(COP(=O)(O)OCC[N+](C)(C)C)NC(=O)CCCCC. The highest BCUT2D eigenvalue weighted by atomic mass is 31.2. The molecule has 0 fully saturated rings.